The van der Waals surface area contributed by atoms with Gasteiger partial charge in [0.05, 0.1) is 25.2 Å². The van der Waals surface area contributed by atoms with Crippen molar-refractivity contribution in [3.8, 4) is 5.75 Å². The van der Waals surface area contributed by atoms with Crippen LogP contribution in [0.25, 0.3) is 0 Å². The summed E-state index contributed by atoms with van der Waals surface area (Å²) in [5.41, 5.74) is -0.277. The number of carboxylic acids is 1. The Kier molecular flexibility index (Phi) is 9.00. The summed E-state index contributed by atoms with van der Waals surface area (Å²) in [6.07, 6.45) is 0. The van der Waals surface area contributed by atoms with Gasteiger partial charge in [-0.25, -0.2) is 4.79 Å². The zero-order valence-corrected chi connectivity index (χ0v) is 20.4. The van der Waals surface area contributed by atoms with E-state index in [2.05, 4.69) is 39.3 Å². The van der Waals surface area contributed by atoms with E-state index in [0.29, 0.717) is 6.61 Å². The van der Waals surface area contributed by atoms with E-state index in [9.17, 15) is 20.0 Å². The molecule has 0 bridgehead atoms. The third kappa shape index (κ3) is 8.25. The fourth-order valence-corrected chi connectivity index (χ4v) is 3.58. The fourth-order valence-electron chi connectivity index (χ4n) is 2.26. The van der Waals surface area contributed by atoms with E-state index >= 15 is 0 Å². The standard InChI is InChI=1S/C19H33NO7Si2/c1-14(29(5,6)7)26-13-27-18-15(19(21)22)8-9-17(20(23)24)16(18)12-25-10-11-28(2,3)4/h8-9,14H,10-13H2,1-7H3,(H,21,22). The maximum atomic E-state index is 11.7. The number of hydrogen-bond acceptors (Lipinski definition) is 6. The molecule has 0 aliphatic rings. The largest absolute Gasteiger partial charge is 0.478 e. The summed E-state index contributed by atoms with van der Waals surface area (Å²) in [5, 5.41) is 21.0. The highest BCUT2D eigenvalue weighted by Gasteiger charge is 2.27. The zero-order chi connectivity index (χ0) is 22.4. The lowest BCUT2D eigenvalue weighted by Crippen LogP contribution is -2.38. The Morgan fingerprint density at radius 2 is 1.83 bits per heavy atom. The van der Waals surface area contributed by atoms with Crippen molar-refractivity contribution < 1.29 is 29.0 Å². The van der Waals surface area contributed by atoms with Crippen molar-refractivity contribution >= 4 is 27.8 Å². The Bertz CT molecular complexity index is 726. The lowest BCUT2D eigenvalue weighted by atomic mass is 10.1. The maximum absolute atomic E-state index is 11.7. The first kappa shape index (κ1) is 25.3. The van der Waals surface area contributed by atoms with Crippen molar-refractivity contribution in [3.05, 3.63) is 33.4 Å². The second-order valence-electron chi connectivity index (χ2n) is 9.30. The van der Waals surface area contributed by atoms with Crippen molar-refractivity contribution in [1.82, 2.24) is 0 Å². The minimum absolute atomic E-state index is 0.0223. The topological polar surface area (TPSA) is 108 Å². The number of carbonyl (C=O) groups is 1. The van der Waals surface area contributed by atoms with Gasteiger partial charge in [-0.05, 0) is 19.0 Å². The van der Waals surface area contributed by atoms with Gasteiger partial charge in [0.15, 0.2) is 6.79 Å². The third-order valence-corrected chi connectivity index (χ3v) is 8.96. The average molecular weight is 444 g/mol. The summed E-state index contributed by atoms with van der Waals surface area (Å²) in [6, 6.07) is 3.26. The van der Waals surface area contributed by atoms with Gasteiger partial charge >= 0.3 is 5.97 Å². The van der Waals surface area contributed by atoms with E-state index in [1.165, 1.54) is 12.1 Å². The van der Waals surface area contributed by atoms with E-state index in [1.807, 2.05) is 6.92 Å². The molecule has 0 saturated carbocycles. The third-order valence-electron chi connectivity index (χ3n) is 4.65. The highest BCUT2D eigenvalue weighted by Crippen LogP contribution is 2.33. The van der Waals surface area contributed by atoms with Gasteiger partial charge < -0.3 is 19.3 Å². The average Bonchev–Trinajstić information content (AvgIpc) is 2.56. The normalized spacial score (nSPS) is 13.2. The van der Waals surface area contributed by atoms with Crippen molar-refractivity contribution in [2.45, 2.75) is 64.6 Å². The molecule has 0 aliphatic heterocycles. The molecule has 0 amide bonds. The Balaban J connectivity index is 3.11. The molecule has 1 aromatic carbocycles. The molecule has 1 rings (SSSR count). The number of hydrogen-bond donors (Lipinski definition) is 1. The lowest BCUT2D eigenvalue weighted by molar-refractivity contribution is -0.386. The predicted octanol–water partition coefficient (Wildman–Crippen LogP) is 4.77. The molecule has 1 unspecified atom stereocenters. The molecule has 8 nitrogen and oxygen atoms in total. The van der Waals surface area contributed by atoms with Crippen LogP contribution in [0.3, 0.4) is 0 Å². The quantitative estimate of drug-likeness (QED) is 0.163. The summed E-state index contributed by atoms with van der Waals surface area (Å²) >= 11 is 0. The SMILES string of the molecule is CC(OCOc1c(C(=O)O)ccc([N+](=O)[O-])c1COCC[Si](C)(C)C)[Si](C)(C)C. The van der Waals surface area contributed by atoms with Gasteiger partial charge in [0.1, 0.15) is 11.3 Å². The van der Waals surface area contributed by atoms with Crippen molar-refractivity contribution in [3.63, 3.8) is 0 Å². The minimum atomic E-state index is -1.57. The highest BCUT2D eigenvalue weighted by atomic mass is 28.3. The lowest BCUT2D eigenvalue weighted by Gasteiger charge is -2.25. The van der Waals surface area contributed by atoms with Gasteiger partial charge in [-0.3, -0.25) is 10.1 Å². The molecule has 0 saturated heterocycles. The molecular formula is C19H33NO7Si2. The van der Waals surface area contributed by atoms with Gasteiger partial charge in [-0.1, -0.05) is 39.3 Å². The van der Waals surface area contributed by atoms with Crippen LogP contribution >= 0.6 is 0 Å². The van der Waals surface area contributed by atoms with Crippen LogP contribution in [-0.4, -0.2) is 51.3 Å². The Hall–Kier alpha value is -1.76. The maximum Gasteiger partial charge on any atom is 0.339 e. The summed E-state index contributed by atoms with van der Waals surface area (Å²) in [7, 11) is -2.89. The highest BCUT2D eigenvalue weighted by molar-refractivity contribution is 6.77. The first-order chi connectivity index (χ1) is 13.2. The number of rotatable bonds is 12. The Morgan fingerprint density at radius 3 is 2.31 bits per heavy atom. The molecule has 1 N–H and O–H groups in total. The number of carboxylic acid groups (broad SMARTS) is 1. The first-order valence-electron chi connectivity index (χ1n) is 9.59. The number of nitrogens with zero attached hydrogens (tertiary/aromatic N) is 1. The van der Waals surface area contributed by atoms with Gasteiger partial charge in [0.2, 0.25) is 0 Å². The van der Waals surface area contributed by atoms with Crippen molar-refractivity contribution in [1.29, 1.82) is 0 Å². The molecule has 29 heavy (non-hydrogen) atoms. The summed E-state index contributed by atoms with van der Waals surface area (Å²) < 4.78 is 17.0. The van der Waals surface area contributed by atoms with Gasteiger partial charge in [0, 0.05) is 26.5 Å². The van der Waals surface area contributed by atoms with E-state index in [4.69, 9.17) is 14.2 Å². The molecule has 0 heterocycles. The Labute approximate surface area is 174 Å². The number of aromatic carboxylic acids is 1. The van der Waals surface area contributed by atoms with Crippen LogP contribution in [0.5, 0.6) is 5.75 Å². The summed E-state index contributed by atoms with van der Waals surface area (Å²) in [5.74, 6) is -1.29. The Morgan fingerprint density at radius 1 is 1.21 bits per heavy atom. The number of benzene rings is 1. The van der Waals surface area contributed by atoms with Crippen LogP contribution < -0.4 is 4.74 Å². The summed E-state index contributed by atoms with van der Waals surface area (Å²) in [4.78, 5) is 22.6. The van der Waals surface area contributed by atoms with E-state index in [-0.39, 0.29) is 41.7 Å². The van der Waals surface area contributed by atoms with E-state index in [1.54, 1.807) is 0 Å². The molecule has 164 valence electrons. The number of nitro benzene ring substituents is 1. The van der Waals surface area contributed by atoms with Crippen LogP contribution in [0.4, 0.5) is 5.69 Å². The predicted molar refractivity (Wildman–Crippen MR) is 117 cm³/mol. The molecule has 1 atom stereocenters. The molecule has 0 aliphatic carbocycles. The smallest absolute Gasteiger partial charge is 0.339 e. The molecule has 10 heteroatoms. The van der Waals surface area contributed by atoms with Gasteiger partial charge in [0.25, 0.3) is 5.69 Å². The van der Waals surface area contributed by atoms with Crippen LogP contribution in [0, 0.1) is 10.1 Å². The fraction of sp³-hybridized carbons (Fsp3) is 0.632. The summed E-state index contributed by atoms with van der Waals surface area (Å²) in [6.45, 7) is 15.2. The van der Waals surface area contributed by atoms with Crippen LogP contribution in [0.1, 0.15) is 22.8 Å². The second-order valence-corrected chi connectivity index (χ2v) is 20.5. The van der Waals surface area contributed by atoms with Crippen molar-refractivity contribution in [2.75, 3.05) is 13.4 Å². The van der Waals surface area contributed by atoms with Gasteiger partial charge in [-0.15, -0.1) is 0 Å². The molecule has 1 aromatic rings. The van der Waals surface area contributed by atoms with Crippen LogP contribution in [0.2, 0.25) is 45.3 Å². The van der Waals surface area contributed by atoms with Crippen LogP contribution in [-0.2, 0) is 16.1 Å². The molecule has 0 aromatic heterocycles. The van der Waals surface area contributed by atoms with Crippen LogP contribution in [0.15, 0.2) is 12.1 Å². The number of ether oxygens (including phenoxy) is 3. The van der Waals surface area contributed by atoms with E-state index < -0.39 is 27.0 Å². The molecular weight excluding hydrogens is 410 g/mol. The molecule has 0 spiro atoms. The van der Waals surface area contributed by atoms with E-state index in [0.717, 1.165) is 6.04 Å². The first-order valence-corrected chi connectivity index (χ1v) is 16.9. The zero-order valence-electron chi connectivity index (χ0n) is 18.4. The second kappa shape index (κ2) is 10.3. The monoisotopic (exact) mass is 443 g/mol. The van der Waals surface area contributed by atoms with Gasteiger partial charge in [-0.2, -0.15) is 0 Å². The molecule has 0 radical (unpaired) electrons. The number of nitro groups is 1. The van der Waals surface area contributed by atoms with Crippen molar-refractivity contribution in [2.24, 2.45) is 0 Å². The minimum Gasteiger partial charge on any atom is -0.478 e. The molecule has 0 fully saturated rings.